The van der Waals surface area contributed by atoms with E-state index in [0.29, 0.717) is 18.1 Å². The number of hydrogen-bond acceptors (Lipinski definition) is 6. The number of benzene rings is 1. The molecule has 1 aromatic carbocycles. The number of aromatic nitrogens is 1. The fraction of sp³-hybridized carbons (Fsp3) is 0.316. The number of para-hydroxylation sites is 1. The molecule has 0 saturated heterocycles. The minimum atomic E-state index is -0.932. The number of ether oxygens (including phenoxy) is 2. The van der Waals surface area contributed by atoms with Crippen molar-refractivity contribution in [3.05, 3.63) is 59.5 Å². The Bertz CT molecular complexity index is 777. The summed E-state index contributed by atoms with van der Waals surface area (Å²) >= 11 is 0. The molecular formula is C19H22N2O5. The molecule has 7 nitrogen and oxygen atoms in total. The fourth-order valence-electron chi connectivity index (χ4n) is 2.21. The first-order valence-corrected chi connectivity index (χ1v) is 8.17. The van der Waals surface area contributed by atoms with Crippen molar-refractivity contribution in [2.45, 2.75) is 33.5 Å². The quantitative estimate of drug-likeness (QED) is 0.576. The molecule has 0 unspecified atom stereocenters. The van der Waals surface area contributed by atoms with Gasteiger partial charge in [0.25, 0.3) is 5.91 Å². The average Bonchev–Trinajstić information content (AvgIpc) is 2.95. The van der Waals surface area contributed by atoms with Crippen LogP contribution in [0.3, 0.4) is 0 Å². The van der Waals surface area contributed by atoms with Crippen LogP contribution < -0.4 is 10.1 Å². The minimum Gasteiger partial charge on any atom is -0.488 e. The lowest BCUT2D eigenvalue weighted by atomic mass is 10.2. The van der Waals surface area contributed by atoms with Gasteiger partial charge in [-0.3, -0.25) is 4.79 Å². The summed E-state index contributed by atoms with van der Waals surface area (Å²) in [6.07, 6.45) is 0.614. The Balaban J connectivity index is 2.06. The number of esters is 1. The van der Waals surface area contributed by atoms with Crippen molar-refractivity contribution in [1.29, 1.82) is 0 Å². The standard InChI is InChI=1S/C19H22N2O5/c1-5-10-20-18(22)14(4)25-19(23)15-8-6-7-9-17(15)24-11-16-12(2)21-26-13(16)3/h5-9,14H,1,10-11H2,2-4H3,(H,20,22)/t14-/m1/s1. The lowest BCUT2D eigenvalue weighted by Crippen LogP contribution is -2.35. The molecule has 138 valence electrons. The maximum absolute atomic E-state index is 12.4. The highest BCUT2D eigenvalue weighted by molar-refractivity contribution is 5.94. The molecule has 1 aromatic heterocycles. The molecule has 0 radical (unpaired) electrons. The summed E-state index contributed by atoms with van der Waals surface area (Å²) in [5, 5.41) is 6.45. The van der Waals surface area contributed by atoms with Gasteiger partial charge in [0.15, 0.2) is 6.10 Å². The second kappa shape index (κ2) is 8.84. The molecule has 0 aliphatic carbocycles. The highest BCUT2D eigenvalue weighted by Gasteiger charge is 2.21. The van der Waals surface area contributed by atoms with Gasteiger partial charge in [-0.05, 0) is 32.9 Å². The van der Waals surface area contributed by atoms with Gasteiger partial charge in [0.2, 0.25) is 0 Å². The topological polar surface area (TPSA) is 90.7 Å². The Labute approximate surface area is 152 Å². The van der Waals surface area contributed by atoms with E-state index in [2.05, 4.69) is 17.1 Å². The Kier molecular flexibility index (Phi) is 6.54. The summed E-state index contributed by atoms with van der Waals surface area (Å²) in [4.78, 5) is 24.2. The largest absolute Gasteiger partial charge is 0.488 e. The van der Waals surface area contributed by atoms with E-state index in [9.17, 15) is 9.59 Å². The normalized spacial score (nSPS) is 11.5. The van der Waals surface area contributed by atoms with Gasteiger partial charge in [-0.2, -0.15) is 0 Å². The monoisotopic (exact) mass is 358 g/mol. The van der Waals surface area contributed by atoms with Gasteiger partial charge in [-0.15, -0.1) is 6.58 Å². The second-order valence-corrected chi connectivity index (χ2v) is 5.67. The Morgan fingerprint density at radius 2 is 2.08 bits per heavy atom. The van der Waals surface area contributed by atoms with Gasteiger partial charge < -0.3 is 19.3 Å². The molecule has 1 N–H and O–H groups in total. The summed E-state index contributed by atoms with van der Waals surface area (Å²) in [7, 11) is 0. The number of carbonyl (C=O) groups is 2. The van der Waals surface area contributed by atoms with Gasteiger partial charge in [-0.1, -0.05) is 23.4 Å². The van der Waals surface area contributed by atoms with E-state index in [1.807, 2.05) is 6.92 Å². The van der Waals surface area contributed by atoms with Crippen LogP contribution in [0.1, 0.15) is 34.3 Å². The molecule has 0 fully saturated rings. The molecule has 2 rings (SSSR count). The third-order valence-electron chi connectivity index (χ3n) is 3.73. The number of hydrogen-bond donors (Lipinski definition) is 1. The number of carbonyl (C=O) groups excluding carboxylic acids is 2. The Morgan fingerprint density at radius 1 is 1.35 bits per heavy atom. The van der Waals surface area contributed by atoms with Gasteiger partial charge in [0.05, 0.1) is 11.3 Å². The Hall–Kier alpha value is -3.09. The van der Waals surface area contributed by atoms with E-state index in [0.717, 1.165) is 11.3 Å². The van der Waals surface area contributed by atoms with Gasteiger partial charge >= 0.3 is 5.97 Å². The summed E-state index contributed by atoms with van der Waals surface area (Å²) in [5.74, 6) is -0.0146. The lowest BCUT2D eigenvalue weighted by molar-refractivity contribution is -0.128. The predicted molar refractivity (Wildman–Crippen MR) is 94.8 cm³/mol. The predicted octanol–water partition coefficient (Wildman–Crippen LogP) is 2.72. The van der Waals surface area contributed by atoms with Gasteiger partial charge in [-0.25, -0.2) is 4.79 Å². The zero-order valence-corrected chi connectivity index (χ0v) is 15.1. The molecule has 0 saturated carbocycles. The molecule has 1 atom stereocenters. The van der Waals surface area contributed by atoms with Crippen molar-refractivity contribution in [2.24, 2.45) is 0 Å². The molecule has 1 amide bonds. The van der Waals surface area contributed by atoms with E-state index in [1.165, 1.54) is 6.92 Å². The average molecular weight is 358 g/mol. The molecule has 0 bridgehead atoms. The Morgan fingerprint density at radius 3 is 2.73 bits per heavy atom. The molecule has 7 heteroatoms. The first-order chi connectivity index (χ1) is 12.4. The van der Waals surface area contributed by atoms with Gasteiger partial charge in [0, 0.05) is 6.54 Å². The maximum atomic E-state index is 12.4. The van der Waals surface area contributed by atoms with Crippen molar-refractivity contribution < 1.29 is 23.6 Å². The highest BCUT2D eigenvalue weighted by atomic mass is 16.5. The zero-order chi connectivity index (χ0) is 19.1. The van der Waals surface area contributed by atoms with Crippen molar-refractivity contribution in [3.63, 3.8) is 0 Å². The van der Waals surface area contributed by atoms with E-state index in [1.54, 1.807) is 37.3 Å². The number of nitrogens with one attached hydrogen (secondary N) is 1. The zero-order valence-electron chi connectivity index (χ0n) is 15.1. The summed E-state index contributed by atoms with van der Waals surface area (Å²) in [6, 6.07) is 6.69. The van der Waals surface area contributed by atoms with Crippen LogP contribution in [0.15, 0.2) is 41.4 Å². The first kappa shape index (κ1) is 19.2. The van der Waals surface area contributed by atoms with E-state index >= 15 is 0 Å². The third-order valence-corrected chi connectivity index (χ3v) is 3.73. The SMILES string of the molecule is C=CCNC(=O)[C@@H](C)OC(=O)c1ccccc1OCc1c(C)noc1C. The molecule has 1 heterocycles. The number of aryl methyl sites for hydroxylation is 2. The number of amides is 1. The summed E-state index contributed by atoms with van der Waals surface area (Å²) in [6.45, 7) is 9.14. The smallest absolute Gasteiger partial charge is 0.342 e. The highest BCUT2D eigenvalue weighted by Crippen LogP contribution is 2.22. The van der Waals surface area contributed by atoms with Crippen LogP contribution in [-0.4, -0.2) is 29.7 Å². The first-order valence-electron chi connectivity index (χ1n) is 8.17. The number of rotatable bonds is 8. The van der Waals surface area contributed by atoms with E-state index < -0.39 is 18.0 Å². The van der Waals surface area contributed by atoms with Crippen LogP contribution in [-0.2, 0) is 16.1 Å². The van der Waals surface area contributed by atoms with Crippen LogP contribution in [0.4, 0.5) is 0 Å². The van der Waals surface area contributed by atoms with Crippen LogP contribution >= 0.6 is 0 Å². The summed E-state index contributed by atoms with van der Waals surface area (Å²) in [5.41, 5.74) is 1.79. The molecular weight excluding hydrogens is 336 g/mol. The minimum absolute atomic E-state index is 0.209. The molecule has 2 aromatic rings. The third kappa shape index (κ3) is 4.72. The van der Waals surface area contributed by atoms with Crippen molar-refractivity contribution in [1.82, 2.24) is 10.5 Å². The second-order valence-electron chi connectivity index (χ2n) is 5.67. The molecule has 0 aliphatic heterocycles. The fourth-order valence-corrected chi connectivity index (χ4v) is 2.21. The maximum Gasteiger partial charge on any atom is 0.342 e. The van der Waals surface area contributed by atoms with Crippen molar-refractivity contribution in [3.8, 4) is 5.75 Å². The van der Waals surface area contributed by atoms with Crippen LogP contribution in [0.2, 0.25) is 0 Å². The van der Waals surface area contributed by atoms with E-state index in [4.69, 9.17) is 14.0 Å². The van der Waals surface area contributed by atoms with Gasteiger partial charge in [0.1, 0.15) is 23.7 Å². The number of nitrogens with zero attached hydrogens (tertiary/aromatic N) is 1. The molecule has 0 spiro atoms. The van der Waals surface area contributed by atoms with Crippen LogP contribution in [0.5, 0.6) is 5.75 Å². The molecule has 26 heavy (non-hydrogen) atoms. The van der Waals surface area contributed by atoms with E-state index in [-0.39, 0.29) is 12.2 Å². The van der Waals surface area contributed by atoms with Crippen molar-refractivity contribution >= 4 is 11.9 Å². The molecule has 0 aliphatic rings. The van der Waals surface area contributed by atoms with Crippen LogP contribution in [0, 0.1) is 13.8 Å². The lowest BCUT2D eigenvalue weighted by Gasteiger charge is -2.15. The van der Waals surface area contributed by atoms with Crippen LogP contribution in [0.25, 0.3) is 0 Å². The summed E-state index contributed by atoms with van der Waals surface area (Å²) < 4.78 is 16.1. The van der Waals surface area contributed by atoms with Crippen molar-refractivity contribution in [2.75, 3.05) is 6.54 Å².